The van der Waals surface area contributed by atoms with Crippen LogP contribution in [0.2, 0.25) is 0 Å². The Bertz CT molecular complexity index is 575. The van der Waals surface area contributed by atoms with Crippen LogP contribution in [0.5, 0.6) is 0 Å². The van der Waals surface area contributed by atoms with Crippen molar-refractivity contribution in [2.75, 3.05) is 37.3 Å². The fourth-order valence-corrected chi connectivity index (χ4v) is 2.43. The van der Waals surface area contributed by atoms with Crippen molar-refractivity contribution >= 4 is 22.9 Å². The molecule has 2 aromatic rings. The van der Waals surface area contributed by atoms with Gasteiger partial charge in [0.2, 0.25) is 5.95 Å². The smallest absolute Gasteiger partial charge is 0.226 e. The Hall–Kier alpha value is -1.89. The van der Waals surface area contributed by atoms with Gasteiger partial charge < -0.3 is 15.6 Å². The number of H-pyrrole nitrogens is 1. The number of aromatic amines is 1. The van der Waals surface area contributed by atoms with Crippen molar-refractivity contribution in [3.8, 4) is 0 Å². The van der Waals surface area contributed by atoms with Crippen molar-refractivity contribution in [1.29, 1.82) is 0 Å². The Labute approximate surface area is 118 Å². The van der Waals surface area contributed by atoms with Crippen LogP contribution in [-0.4, -0.2) is 57.6 Å². The van der Waals surface area contributed by atoms with Gasteiger partial charge in [-0.3, -0.25) is 4.90 Å². The fourth-order valence-electron chi connectivity index (χ4n) is 2.43. The fraction of sp³-hybridized carbons (Fsp3) is 0.615. The maximum absolute atomic E-state index is 4.45. The van der Waals surface area contributed by atoms with Crippen LogP contribution in [0.15, 0.2) is 6.33 Å². The van der Waals surface area contributed by atoms with Crippen molar-refractivity contribution in [1.82, 2.24) is 24.8 Å². The summed E-state index contributed by atoms with van der Waals surface area (Å²) in [6.07, 6.45) is 4.33. The molecular weight excluding hydrogens is 254 g/mol. The van der Waals surface area contributed by atoms with Crippen LogP contribution in [0, 0.1) is 0 Å². The maximum atomic E-state index is 4.45. The first-order chi connectivity index (χ1) is 9.81. The van der Waals surface area contributed by atoms with E-state index in [1.807, 2.05) is 7.05 Å². The molecule has 3 N–H and O–H groups in total. The minimum Gasteiger partial charge on any atom is -0.367 e. The molecule has 1 aliphatic carbocycles. The highest BCUT2D eigenvalue weighted by molar-refractivity contribution is 5.83. The number of imidazole rings is 1. The van der Waals surface area contributed by atoms with E-state index in [2.05, 4.69) is 42.4 Å². The van der Waals surface area contributed by atoms with Crippen LogP contribution in [0.4, 0.5) is 11.8 Å². The van der Waals surface area contributed by atoms with Gasteiger partial charge in [-0.25, -0.2) is 4.98 Å². The number of aromatic nitrogens is 4. The summed E-state index contributed by atoms with van der Waals surface area (Å²) < 4.78 is 0. The third-order valence-corrected chi connectivity index (χ3v) is 3.67. The first kappa shape index (κ1) is 13.1. The van der Waals surface area contributed by atoms with Crippen molar-refractivity contribution in [3.05, 3.63) is 6.33 Å². The predicted octanol–water partition coefficient (Wildman–Crippen LogP) is 1.29. The Kier molecular flexibility index (Phi) is 3.68. The van der Waals surface area contributed by atoms with Gasteiger partial charge in [-0.1, -0.05) is 6.92 Å². The summed E-state index contributed by atoms with van der Waals surface area (Å²) in [5.74, 6) is 1.39. The quantitative estimate of drug-likeness (QED) is 0.706. The van der Waals surface area contributed by atoms with Gasteiger partial charge >= 0.3 is 0 Å². The molecule has 1 aliphatic rings. The Morgan fingerprint density at radius 3 is 2.95 bits per heavy atom. The van der Waals surface area contributed by atoms with E-state index in [-0.39, 0.29) is 0 Å². The monoisotopic (exact) mass is 275 g/mol. The summed E-state index contributed by atoms with van der Waals surface area (Å²) >= 11 is 0. The summed E-state index contributed by atoms with van der Waals surface area (Å²) in [6.45, 7) is 5.24. The SMILES string of the molecule is CCN(CCNc1nc(NC)nc2nc[nH]c12)C1CC1. The zero-order valence-electron chi connectivity index (χ0n) is 12.0. The van der Waals surface area contributed by atoms with E-state index in [4.69, 9.17) is 0 Å². The average Bonchev–Trinajstić information content (AvgIpc) is 3.20. The molecular formula is C13H21N7. The van der Waals surface area contributed by atoms with E-state index in [0.29, 0.717) is 11.6 Å². The molecule has 0 amide bonds. The molecule has 20 heavy (non-hydrogen) atoms. The van der Waals surface area contributed by atoms with E-state index in [9.17, 15) is 0 Å². The van der Waals surface area contributed by atoms with E-state index >= 15 is 0 Å². The molecule has 0 unspecified atom stereocenters. The van der Waals surface area contributed by atoms with Gasteiger partial charge in [-0.15, -0.1) is 0 Å². The first-order valence-corrected chi connectivity index (χ1v) is 7.18. The van der Waals surface area contributed by atoms with Crippen LogP contribution >= 0.6 is 0 Å². The number of hydrogen-bond acceptors (Lipinski definition) is 6. The molecule has 0 bridgehead atoms. The third kappa shape index (κ3) is 2.67. The summed E-state index contributed by atoms with van der Waals surface area (Å²) in [5.41, 5.74) is 1.54. The normalized spacial score (nSPS) is 14.9. The van der Waals surface area contributed by atoms with Crippen LogP contribution in [0.3, 0.4) is 0 Å². The zero-order valence-corrected chi connectivity index (χ0v) is 12.0. The lowest BCUT2D eigenvalue weighted by atomic mass is 10.4. The van der Waals surface area contributed by atoms with Gasteiger partial charge in [-0.05, 0) is 19.4 Å². The Morgan fingerprint density at radius 2 is 2.25 bits per heavy atom. The predicted molar refractivity (Wildman–Crippen MR) is 80.0 cm³/mol. The van der Waals surface area contributed by atoms with Crippen LogP contribution in [0.1, 0.15) is 19.8 Å². The molecule has 1 saturated carbocycles. The second-order valence-electron chi connectivity index (χ2n) is 5.03. The zero-order chi connectivity index (χ0) is 13.9. The topological polar surface area (TPSA) is 81.8 Å². The number of rotatable bonds is 7. The molecule has 108 valence electrons. The van der Waals surface area contributed by atoms with Gasteiger partial charge in [0.05, 0.1) is 6.33 Å². The van der Waals surface area contributed by atoms with Crippen molar-refractivity contribution in [2.24, 2.45) is 0 Å². The van der Waals surface area contributed by atoms with Crippen molar-refractivity contribution in [2.45, 2.75) is 25.8 Å². The third-order valence-electron chi connectivity index (χ3n) is 3.67. The lowest BCUT2D eigenvalue weighted by Crippen LogP contribution is -2.31. The number of likely N-dealkylation sites (N-methyl/N-ethyl adjacent to an activating group) is 1. The van der Waals surface area contributed by atoms with Gasteiger partial charge in [0, 0.05) is 26.2 Å². The lowest BCUT2D eigenvalue weighted by Gasteiger charge is -2.20. The van der Waals surface area contributed by atoms with E-state index in [1.54, 1.807) is 6.33 Å². The molecule has 0 atom stereocenters. The highest BCUT2D eigenvalue weighted by atomic mass is 15.2. The molecule has 2 heterocycles. The van der Waals surface area contributed by atoms with E-state index in [1.165, 1.54) is 12.8 Å². The number of hydrogen-bond donors (Lipinski definition) is 3. The Morgan fingerprint density at radius 1 is 1.40 bits per heavy atom. The maximum Gasteiger partial charge on any atom is 0.226 e. The summed E-state index contributed by atoms with van der Waals surface area (Å²) in [7, 11) is 1.81. The van der Waals surface area contributed by atoms with E-state index < -0.39 is 0 Å². The summed E-state index contributed by atoms with van der Waals surface area (Å²) in [5, 5.41) is 6.35. The molecule has 0 radical (unpaired) electrons. The number of nitrogens with zero attached hydrogens (tertiary/aromatic N) is 4. The molecule has 3 rings (SSSR count). The molecule has 2 aromatic heterocycles. The van der Waals surface area contributed by atoms with E-state index in [0.717, 1.165) is 37.0 Å². The molecule has 0 aromatic carbocycles. The van der Waals surface area contributed by atoms with Crippen LogP contribution in [0.25, 0.3) is 11.2 Å². The van der Waals surface area contributed by atoms with Gasteiger partial charge in [0.25, 0.3) is 0 Å². The number of nitrogens with one attached hydrogen (secondary N) is 3. The Balaban J connectivity index is 1.68. The lowest BCUT2D eigenvalue weighted by molar-refractivity contribution is 0.289. The summed E-state index contributed by atoms with van der Waals surface area (Å²) in [6, 6.07) is 0.798. The first-order valence-electron chi connectivity index (χ1n) is 7.18. The largest absolute Gasteiger partial charge is 0.367 e. The second-order valence-corrected chi connectivity index (χ2v) is 5.03. The van der Waals surface area contributed by atoms with Crippen molar-refractivity contribution < 1.29 is 0 Å². The number of fused-ring (bicyclic) bond motifs is 1. The van der Waals surface area contributed by atoms with Crippen LogP contribution < -0.4 is 10.6 Å². The standard InChI is InChI=1S/C13H21N7/c1-3-20(9-4-5-9)7-6-15-11-10-12(17-8-16-10)19-13(14-2)18-11/h8-9H,3-7H2,1-2H3,(H3,14,15,16,17,18,19). The summed E-state index contributed by atoms with van der Waals surface area (Å²) in [4.78, 5) is 18.5. The molecule has 0 spiro atoms. The second kappa shape index (κ2) is 5.62. The minimum atomic E-state index is 0.585. The molecule has 7 nitrogen and oxygen atoms in total. The van der Waals surface area contributed by atoms with Crippen molar-refractivity contribution in [3.63, 3.8) is 0 Å². The van der Waals surface area contributed by atoms with Gasteiger partial charge in [-0.2, -0.15) is 9.97 Å². The molecule has 0 aliphatic heterocycles. The van der Waals surface area contributed by atoms with Gasteiger partial charge in [0.1, 0.15) is 5.52 Å². The van der Waals surface area contributed by atoms with Crippen LogP contribution in [-0.2, 0) is 0 Å². The highest BCUT2D eigenvalue weighted by Gasteiger charge is 2.27. The highest BCUT2D eigenvalue weighted by Crippen LogP contribution is 2.26. The van der Waals surface area contributed by atoms with Gasteiger partial charge in [0.15, 0.2) is 11.5 Å². The number of anilines is 2. The molecule has 0 saturated heterocycles. The minimum absolute atomic E-state index is 0.585. The molecule has 7 heteroatoms. The molecule has 1 fully saturated rings. The average molecular weight is 275 g/mol.